The molecule has 0 aliphatic carbocycles. The molecule has 0 aromatic heterocycles. The van der Waals surface area contributed by atoms with Gasteiger partial charge in [-0.2, -0.15) is 0 Å². The molecule has 3 heteroatoms. The van der Waals surface area contributed by atoms with Crippen LogP contribution in [0.3, 0.4) is 0 Å². The number of allylic oxidation sites excluding steroid dienone is 1. The molecule has 96 valence electrons. The monoisotopic (exact) mass is 238 g/mol. The predicted octanol–water partition coefficient (Wildman–Crippen LogP) is 2.77. The Labute approximate surface area is 103 Å². The van der Waals surface area contributed by atoms with Gasteiger partial charge >= 0.3 is 5.97 Å². The topological polar surface area (TPSA) is 46.5 Å². The number of esters is 1. The molecule has 0 bridgehead atoms. The van der Waals surface area contributed by atoms with E-state index in [-0.39, 0.29) is 5.97 Å². The van der Waals surface area contributed by atoms with E-state index in [9.17, 15) is 9.90 Å². The maximum absolute atomic E-state index is 10.9. The molecular weight excluding hydrogens is 216 g/mol. The number of carbonyl (C=O) groups is 1. The molecule has 0 aromatic carbocycles. The number of unbranched alkanes of at least 4 members (excludes halogenated alkanes) is 2. The summed E-state index contributed by atoms with van der Waals surface area (Å²) in [6, 6.07) is 0. The molecule has 0 spiro atoms. The number of hydrogen-bond donors (Lipinski definition) is 1. The van der Waals surface area contributed by atoms with Crippen molar-refractivity contribution in [1.29, 1.82) is 0 Å². The molecule has 0 saturated carbocycles. The van der Waals surface area contributed by atoms with Crippen LogP contribution in [0, 0.1) is 0 Å². The highest BCUT2D eigenvalue weighted by Crippen LogP contribution is 2.10. The van der Waals surface area contributed by atoms with Gasteiger partial charge in [0.2, 0.25) is 0 Å². The number of aliphatic hydroxyl groups excluding tert-OH is 1. The molecule has 0 aliphatic heterocycles. The fourth-order valence-corrected chi connectivity index (χ4v) is 1.29. The quantitative estimate of drug-likeness (QED) is 0.291. The number of carbonyl (C=O) groups excluding carboxylic acids is 1. The summed E-state index contributed by atoms with van der Waals surface area (Å²) in [4.78, 5) is 10.9. The smallest absolute Gasteiger partial charge is 0.330 e. The van der Waals surface area contributed by atoms with Gasteiger partial charge in [0, 0.05) is 6.08 Å². The number of aliphatic hydroxyl groups is 1. The molecule has 1 N–H and O–H groups in total. The van der Waals surface area contributed by atoms with Gasteiger partial charge in [0.05, 0.1) is 12.7 Å². The van der Waals surface area contributed by atoms with Crippen LogP contribution in [0.4, 0.5) is 0 Å². The molecule has 0 saturated heterocycles. The lowest BCUT2D eigenvalue weighted by atomic mass is 10.0. The molecule has 0 amide bonds. The van der Waals surface area contributed by atoms with Crippen LogP contribution < -0.4 is 0 Å². The van der Waals surface area contributed by atoms with Crippen molar-refractivity contribution in [3.05, 3.63) is 37.0 Å². The average molecular weight is 238 g/mol. The van der Waals surface area contributed by atoms with Crippen LogP contribution in [-0.4, -0.2) is 23.8 Å². The Hall–Kier alpha value is -1.35. The van der Waals surface area contributed by atoms with Crippen molar-refractivity contribution in [3.8, 4) is 0 Å². The van der Waals surface area contributed by atoms with Crippen molar-refractivity contribution < 1.29 is 14.6 Å². The third kappa shape index (κ3) is 8.46. The Balaban J connectivity index is 3.55. The molecule has 0 radical (unpaired) electrons. The summed E-state index contributed by atoms with van der Waals surface area (Å²) in [6.45, 7) is 9.42. The van der Waals surface area contributed by atoms with Gasteiger partial charge in [-0.15, -0.1) is 0 Å². The van der Waals surface area contributed by atoms with Gasteiger partial charge in [0.25, 0.3) is 0 Å². The standard InChI is InChI=1S/C14H22O3/c1-4-12(3)13(15)10-8-6-7-9-11-14(16)17-5-2/h4,9,11,13,15H,1,3,5-8,10H2,2H3/b11-9+. The van der Waals surface area contributed by atoms with Crippen molar-refractivity contribution >= 4 is 5.97 Å². The summed E-state index contributed by atoms with van der Waals surface area (Å²) in [5.41, 5.74) is 0.659. The lowest BCUT2D eigenvalue weighted by Crippen LogP contribution is -2.07. The molecule has 3 nitrogen and oxygen atoms in total. The van der Waals surface area contributed by atoms with Crippen LogP contribution in [0.15, 0.2) is 37.0 Å². The maximum atomic E-state index is 10.9. The van der Waals surface area contributed by atoms with E-state index in [4.69, 9.17) is 4.74 Å². The first-order valence-corrected chi connectivity index (χ1v) is 5.94. The first kappa shape index (κ1) is 15.7. The predicted molar refractivity (Wildman–Crippen MR) is 69.6 cm³/mol. The first-order chi connectivity index (χ1) is 8.11. The van der Waals surface area contributed by atoms with Crippen LogP contribution in [0.5, 0.6) is 0 Å². The molecule has 0 aromatic rings. The largest absolute Gasteiger partial charge is 0.463 e. The van der Waals surface area contributed by atoms with Gasteiger partial charge in [0.15, 0.2) is 0 Å². The maximum Gasteiger partial charge on any atom is 0.330 e. The summed E-state index contributed by atoms with van der Waals surface area (Å²) in [5.74, 6) is -0.299. The van der Waals surface area contributed by atoms with Gasteiger partial charge in [-0.3, -0.25) is 0 Å². The van der Waals surface area contributed by atoms with Crippen molar-refractivity contribution in [3.63, 3.8) is 0 Å². The summed E-state index contributed by atoms with van der Waals surface area (Å²) in [7, 11) is 0. The van der Waals surface area contributed by atoms with Crippen LogP contribution in [0.2, 0.25) is 0 Å². The zero-order chi connectivity index (χ0) is 13.1. The third-order valence-electron chi connectivity index (χ3n) is 2.33. The third-order valence-corrected chi connectivity index (χ3v) is 2.33. The van der Waals surface area contributed by atoms with E-state index >= 15 is 0 Å². The Morgan fingerprint density at radius 1 is 1.47 bits per heavy atom. The Bertz CT molecular complexity index is 279. The van der Waals surface area contributed by atoms with E-state index in [1.54, 1.807) is 19.1 Å². The number of hydrogen-bond acceptors (Lipinski definition) is 3. The fraction of sp³-hybridized carbons (Fsp3) is 0.500. The Morgan fingerprint density at radius 3 is 2.76 bits per heavy atom. The van der Waals surface area contributed by atoms with E-state index in [0.29, 0.717) is 18.6 Å². The van der Waals surface area contributed by atoms with E-state index < -0.39 is 6.10 Å². The summed E-state index contributed by atoms with van der Waals surface area (Å²) < 4.78 is 4.74. The lowest BCUT2D eigenvalue weighted by Gasteiger charge is -2.09. The first-order valence-electron chi connectivity index (χ1n) is 5.94. The minimum atomic E-state index is -0.499. The normalized spacial score (nSPS) is 12.4. The average Bonchev–Trinajstić information content (AvgIpc) is 2.32. The summed E-state index contributed by atoms with van der Waals surface area (Å²) in [6.07, 6.45) is 7.63. The zero-order valence-electron chi connectivity index (χ0n) is 10.5. The van der Waals surface area contributed by atoms with Gasteiger partial charge in [-0.05, 0) is 31.8 Å². The number of rotatable bonds is 9. The highest BCUT2D eigenvalue weighted by molar-refractivity contribution is 5.81. The van der Waals surface area contributed by atoms with Gasteiger partial charge in [0.1, 0.15) is 0 Å². The summed E-state index contributed by atoms with van der Waals surface area (Å²) >= 11 is 0. The van der Waals surface area contributed by atoms with E-state index in [0.717, 1.165) is 19.3 Å². The molecule has 0 aliphatic rings. The van der Waals surface area contributed by atoms with Crippen molar-refractivity contribution in [1.82, 2.24) is 0 Å². The molecule has 1 unspecified atom stereocenters. The van der Waals surface area contributed by atoms with Crippen LogP contribution in [0.25, 0.3) is 0 Å². The molecule has 0 fully saturated rings. The second-order valence-corrected chi connectivity index (χ2v) is 3.73. The molecule has 0 rings (SSSR count). The minimum absolute atomic E-state index is 0.299. The minimum Gasteiger partial charge on any atom is -0.463 e. The SMILES string of the molecule is C=CC(=C)C(O)CCCC/C=C/C(=O)OCC. The van der Waals surface area contributed by atoms with Crippen molar-refractivity contribution in [2.75, 3.05) is 6.61 Å². The van der Waals surface area contributed by atoms with Crippen LogP contribution in [0.1, 0.15) is 32.6 Å². The fourth-order valence-electron chi connectivity index (χ4n) is 1.29. The van der Waals surface area contributed by atoms with Gasteiger partial charge < -0.3 is 9.84 Å². The molecule has 0 heterocycles. The van der Waals surface area contributed by atoms with Crippen molar-refractivity contribution in [2.45, 2.75) is 38.7 Å². The van der Waals surface area contributed by atoms with Gasteiger partial charge in [-0.1, -0.05) is 31.7 Å². The van der Waals surface area contributed by atoms with E-state index in [2.05, 4.69) is 13.2 Å². The molecule has 17 heavy (non-hydrogen) atoms. The Kier molecular flexibility index (Phi) is 9.06. The van der Waals surface area contributed by atoms with E-state index in [1.165, 1.54) is 6.08 Å². The molecule has 1 atom stereocenters. The van der Waals surface area contributed by atoms with E-state index in [1.807, 2.05) is 0 Å². The van der Waals surface area contributed by atoms with Crippen LogP contribution >= 0.6 is 0 Å². The van der Waals surface area contributed by atoms with Gasteiger partial charge in [-0.25, -0.2) is 4.79 Å². The highest BCUT2D eigenvalue weighted by atomic mass is 16.5. The lowest BCUT2D eigenvalue weighted by molar-refractivity contribution is -0.137. The Morgan fingerprint density at radius 2 is 2.18 bits per heavy atom. The second-order valence-electron chi connectivity index (χ2n) is 3.73. The molecular formula is C14H22O3. The van der Waals surface area contributed by atoms with Crippen molar-refractivity contribution in [2.24, 2.45) is 0 Å². The summed E-state index contributed by atoms with van der Waals surface area (Å²) in [5, 5.41) is 9.57. The van der Waals surface area contributed by atoms with Crippen LogP contribution in [-0.2, 0) is 9.53 Å². The second kappa shape index (κ2) is 9.85. The zero-order valence-corrected chi connectivity index (χ0v) is 10.5. The number of ether oxygens (including phenoxy) is 1. The highest BCUT2D eigenvalue weighted by Gasteiger charge is 2.04.